The summed E-state index contributed by atoms with van der Waals surface area (Å²) in [4.78, 5) is 10.5. The lowest BCUT2D eigenvalue weighted by Crippen LogP contribution is -2.21. The molecule has 0 radical (unpaired) electrons. The molecule has 0 aromatic heterocycles. The van der Waals surface area contributed by atoms with Crippen LogP contribution < -0.4 is 0 Å². The zero-order valence-corrected chi connectivity index (χ0v) is 6.46. The summed E-state index contributed by atoms with van der Waals surface area (Å²) in [5, 5.41) is 8.97. The van der Waals surface area contributed by atoms with Gasteiger partial charge in [-0.2, -0.15) is 0 Å². The van der Waals surface area contributed by atoms with Crippen LogP contribution in [0.25, 0.3) is 0 Å². The number of carbonyl (C=O) groups is 1. The molecule has 1 N–H and O–H groups in total. The fourth-order valence-electron chi connectivity index (χ4n) is 0.651. The maximum atomic E-state index is 10.5. The molecular weight excluding hydrogens is 132 g/mol. The number of unbranched alkanes of at least 4 members (excludes halogenated alkanes) is 1. The highest BCUT2D eigenvalue weighted by Crippen LogP contribution is 2.00. The van der Waals surface area contributed by atoms with E-state index in [2.05, 4.69) is 4.74 Å². The van der Waals surface area contributed by atoms with Crippen molar-refractivity contribution in [3.63, 3.8) is 0 Å². The van der Waals surface area contributed by atoms with Gasteiger partial charge in [0, 0.05) is 0 Å². The Morgan fingerprint density at radius 2 is 2.30 bits per heavy atom. The summed E-state index contributed by atoms with van der Waals surface area (Å²) in [7, 11) is 1.28. The lowest BCUT2D eigenvalue weighted by molar-refractivity contribution is -0.150. The molecule has 3 heteroatoms. The number of esters is 1. The van der Waals surface area contributed by atoms with Crippen molar-refractivity contribution in [3.05, 3.63) is 0 Å². The topological polar surface area (TPSA) is 46.5 Å². The van der Waals surface area contributed by atoms with Crippen molar-refractivity contribution in [3.8, 4) is 0 Å². The van der Waals surface area contributed by atoms with E-state index in [1.807, 2.05) is 6.92 Å². The van der Waals surface area contributed by atoms with Crippen LogP contribution >= 0.6 is 0 Å². The van der Waals surface area contributed by atoms with Crippen LogP contribution in [0, 0.1) is 0 Å². The summed E-state index contributed by atoms with van der Waals surface area (Å²) in [5.41, 5.74) is 0. The highest BCUT2D eigenvalue weighted by atomic mass is 16.5. The lowest BCUT2D eigenvalue weighted by Gasteiger charge is -2.05. The average Bonchev–Trinajstić information content (AvgIpc) is 1.98. The summed E-state index contributed by atoms with van der Waals surface area (Å²) < 4.78 is 4.32. The van der Waals surface area contributed by atoms with Crippen LogP contribution in [-0.4, -0.2) is 24.3 Å². The third kappa shape index (κ3) is 3.45. The molecule has 0 aromatic carbocycles. The van der Waals surface area contributed by atoms with E-state index in [0.717, 1.165) is 12.8 Å². The Morgan fingerprint density at radius 1 is 1.70 bits per heavy atom. The summed E-state index contributed by atoms with van der Waals surface area (Å²) in [6.07, 6.45) is 1.41. The fraction of sp³-hybridized carbons (Fsp3) is 0.857. The highest BCUT2D eigenvalue weighted by Gasteiger charge is 2.13. The smallest absolute Gasteiger partial charge is 0.334 e. The Morgan fingerprint density at radius 3 is 2.70 bits per heavy atom. The number of rotatable bonds is 4. The van der Waals surface area contributed by atoms with Crippen LogP contribution in [0.1, 0.15) is 26.2 Å². The molecule has 0 saturated carbocycles. The molecule has 0 rings (SSSR count). The minimum atomic E-state index is -0.926. The summed E-state index contributed by atoms with van der Waals surface area (Å²) in [5.74, 6) is -0.534. The van der Waals surface area contributed by atoms with E-state index in [1.54, 1.807) is 0 Å². The van der Waals surface area contributed by atoms with Crippen molar-refractivity contribution >= 4 is 5.97 Å². The van der Waals surface area contributed by atoms with Crippen LogP contribution in [-0.2, 0) is 9.53 Å². The molecule has 0 aliphatic heterocycles. The zero-order valence-electron chi connectivity index (χ0n) is 6.46. The van der Waals surface area contributed by atoms with E-state index in [0.29, 0.717) is 6.42 Å². The van der Waals surface area contributed by atoms with Crippen LogP contribution in [0.4, 0.5) is 0 Å². The molecule has 0 aliphatic rings. The van der Waals surface area contributed by atoms with Gasteiger partial charge >= 0.3 is 5.97 Å². The molecule has 0 aromatic rings. The number of aliphatic hydroxyl groups is 1. The van der Waals surface area contributed by atoms with Gasteiger partial charge in [-0.15, -0.1) is 0 Å². The third-order valence-corrected chi connectivity index (χ3v) is 1.30. The molecule has 0 fully saturated rings. The van der Waals surface area contributed by atoms with Crippen molar-refractivity contribution in [2.75, 3.05) is 7.11 Å². The Kier molecular flexibility index (Phi) is 4.94. The first-order valence-electron chi connectivity index (χ1n) is 3.48. The Bertz CT molecular complexity index is 101. The molecule has 0 spiro atoms. The minimum Gasteiger partial charge on any atom is -0.467 e. The molecule has 1 atom stereocenters. The molecule has 0 heterocycles. The van der Waals surface area contributed by atoms with E-state index in [4.69, 9.17) is 5.11 Å². The molecule has 3 nitrogen and oxygen atoms in total. The normalized spacial score (nSPS) is 12.7. The molecule has 0 aliphatic carbocycles. The number of methoxy groups -OCH3 is 1. The van der Waals surface area contributed by atoms with Gasteiger partial charge in [0.15, 0.2) is 6.10 Å². The monoisotopic (exact) mass is 146 g/mol. The van der Waals surface area contributed by atoms with Crippen molar-refractivity contribution in [1.82, 2.24) is 0 Å². The fourth-order valence-corrected chi connectivity index (χ4v) is 0.651. The Balaban J connectivity index is 3.41. The van der Waals surface area contributed by atoms with Gasteiger partial charge in [0.25, 0.3) is 0 Å². The first-order chi connectivity index (χ1) is 4.72. The quantitative estimate of drug-likeness (QED) is 0.594. The second-order valence-corrected chi connectivity index (χ2v) is 2.18. The van der Waals surface area contributed by atoms with Gasteiger partial charge in [0.2, 0.25) is 0 Å². The molecular formula is C7H14O3. The first-order valence-corrected chi connectivity index (χ1v) is 3.48. The zero-order chi connectivity index (χ0) is 7.98. The Hall–Kier alpha value is -0.570. The van der Waals surface area contributed by atoms with Gasteiger partial charge in [-0.1, -0.05) is 19.8 Å². The number of aliphatic hydroxyl groups excluding tert-OH is 1. The van der Waals surface area contributed by atoms with E-state index in [9.17, 15) is 4.79 Å². The Labute approximate surface area is 61.0 Å². The van der Waals surface area contributed by atoms with Gasteiger partial charge in [-0.05, 0) is 6.42 Å². The molecule has 0 unspecified atom stereocenters. The standard InChI is InChI=1S/C7H14O3/c1-3-4-5-6(8)7(9)10-2/h6,8H,3-5H2,1-2H3/t6-/m0/s1. The SMILES string of the molecule is CCCC[C@H](O)C(=O)OC. The summed E-state index contributed by atoms with van der Waals surface area (Å²) >= 11 is 0. The third-order valence-electron chi connectivity index (χ3n) is 1.30. The van der Waals surface area contributed by atoms with Gasteiger partial charge in [0.05, 0.1) is 7.11 Å². The highest BCUT2D eigenvalue weighted by molar-refractivity contribution is 5.74. The van der Waals surface area contributed by atoms with E-state index in [1.165, 1.54) is 7.11 Å². The molecule has 0 saturated heterocycles. The molecule has 10 heavy (non-hydrogen) atoms. The second kappa shape index (κ2) is 5.23. The first kappa shape index (κ1) is 9.43. The van der Waals surface area contributed by atoms with Crippen LogP contribution in [0.5, 0.6) is 0 Å². The van der Waals surface area contributed by atoms with Crippen molar-refractivity contribution in [2.24, 2.45) is 0 Å². The van der Waals surface area contributed by atoms with Crippen LogP contribution in [0.2, 0.25) is 0 Å². The second-order valence-electron chi connectivity index (χ2n) is 2.18. The summed E-state index contributed by atoms with van der Waals surface area (Å²) in [6.45, 7) is 2.00. The number of ether oxygens (including phenoxy) is 1. The summed E-state index contributed by atoms with van der Waals surface area (Å²) in [6, 6.07) is 0. The van der Waals surface area contributed by atoms with Crippen molar-refractivity contribution in [2.45, 2.75) is 32.3 Å². The molecule has 60 valence electrons. The predicted molar refractivity (Wildman–Crippen MR) is 37.5 cm³/mol. The van der Waals surface area contributed by atoms with E-state index >= 15 is 0 Å². The van der Waals surface area contributed by atoms with Crippen LogP contribution in [0.15, 0.2) is 0 Å². The largest absolute Gasteiger partial charge is 0.467 e. The maximum absolute atomic E-state index is 10.5. The predicted octanol–water partition coefficient (Wildman–Crippen LogP) is 0.710. The molecule has 0 bridgehead atoms. The average molecular weight is 146 g/mol. The van der Waals surface area contributed by atoms with Gasteiger partial charge in [-0.3, -0.25) is 0 Å². The lowest BCUT2D eigenvalue weighted by atomic mass is 10.2. The maximum Gasteiger partial charge on any atom is 0.334 e. The number of hydrogen-bond acceptors (Lipinski definition) is 3. The number of hydrogen-bond donors (Lipinski definition) is 1. The van der Waals surface area contributed by atoms with Crippen molar-refractivity contribution in [1.29, 1.82) is 0 Å². The van der Waals surface area contributed by atoms with Crippen molar-refractivity contribution < 1.29 is 14.6 Å². The van der Waals surface area contributed by atoms with Gasteiger partial charge in [0.1, 0.15) is 0 Å². The van der Waals surface area contributed by atoms with Gasteiger partial charge in [-0.25, -0.2) is 4.79 Å². The molecule has 0 amide bonds. The van der Waals surface area contributed by atoms with E-state index in [-0.39, 0.29) is 0 Å². The van der Waals surface area contributed by atoms with Crippen LogP contribution in [0.3, 0.4) is 0 Å². The van der Waals surface area contributed by atoms with Gasteiger partial charge < -0.3 is 9.84 Å². The number of carbonyl (C=O) groups excluding carboxylic acids is 1. The minimum absolute atomic E-state index is 0.503. The van der Waals surface area contributed by atoms with E-state index < -0.39 is 12.1 Å².